The highest BCUT2D eigenvalue weighted by molar-refractivity contribution is 5.99. The number of hydrogen-bond donors (Lipinski definition) is 2. The molecule has 44 heavy (non-hydrogen) atoms. The van der Waals surface area contributed by atoms with Gasteiger partial charge in [-0.1, -0.05) is 36.4 Å². The summed E-state index contributed by atoms with van der Waals surface area (Å²) in [4.78, 5) is 27.8. The molecule has 3 N–H and O–H groups in total. The number of nitrogens with two attached hydrogens (primary N) is 1. The molecular formula is C33H28FN7O3. The van der Waals surface area contributed by atoms with Gasteiger partial charge in [-0.05, 0) is 56.5 Å². The third kappa shape index (κ3) is 3.81. The normalized spacial score (nSPS) is 16.2. The van der Waals surface area contributed by atoms with Crippen molar-refractivity contribution in [3.8, 4) is 22.8 Å². The van der Waals surface area contributed by atoms with Crippen LogP contribution in [0.4, 0.5) is 10.2 Å². The molecule has 220 valence electrons. The summed E-state index contributed by atoms with van der Waals surface area (Å²) in [5.41, 5.74) is 8.58. The quantitative estimate of drug-likeness (QED) is 0.289. The second-order valence-electron chi connectivity index (χ2n) is 12.1. The van der Waals surface area contributed by atoms with Gasteiger partial charge in [0.25, 0.3) is 5.56 Å². The summed E-state index contributed by atoms with van der Waals surface area (Å²) in [6, 6.07) is 17.6. The molecule has 6 aromatic rings. The first kappa shape index (κ1) is 26.3. The van der Waals surface area contributed by atoms with E-state index in [0.29, 0.717) is 47.6 Å². The third-order valence-corrected chi connectivity index (χ3v) is 8.70. The molecule has 0 unspecified atom stereocenters. The molecule has 1 saturated carbocycles. The largest absolute Gasteiger partial charge is 0.504 e. The molecule has 1 aliphatic carbocycles. The Labute approximate surface area is 250 Å². The van der Waals surface area contributed by atoms with Crippen molar-refractivity contribution in [3.63, 3.8) is 0 Å². The lowest BCUT2D eigenvalue weighted by molar-refractivity contribution is 0.134. The van der Waals surface area contributed by atoms with Gasteiger partial charge >= 0.3 is 0 Å². The van der Waals surface area contributed by atoms with E-state index in [4.69, 9.17) is 20.6 Å². The molecule has 0 spiro atoms. The number of benzene rings is 3. The number of hydrogen-bond acceptors (Lipinski definition) is 8. The molecule has 11 heteroatoms. The number of anilines is 1. The Kier molecular flexibility index (Phi) is 5.44. The van der Waals surface area contributed by atoms with Crippen LogP contribution in [0.15, 0.2) is 71.8 Å². The lowest BCUT2D eigenvalue weighted by Crippen LogP contribution is -2.36. The number of nitrogen functional groups attached to an aromatic ring is 1. The average Bonchev–Trinajstić information content (AvgIpc) is 3.60. The number of phenolic OH excluding ortho intramolecular Hbond substituents is 1. The van der Waals surface area contributed by atoms with Gasteiger partial charge < -0.3 is 15.6 Å². The first-order chi connectivity index (χ1) is 21.2. The molecule has 1 aliphatic heterocycles. The van der Waals surface area contributed by atoms with Gasteiger partial charge in [-0.15, -0.1) is 0 Å². The van der Waals surface area contributed by atoms with Crippen molar-refractivity contribution in [2.45, 2.75) is 50.8 Å². The van der Waals surface area contributed by atoms with E-state index < -0.39 is 22.5 Å². The SMILES string of the molecule is CC1(C)Cc2c(-c3nn(Cc4nc5cccc(F)c5c(=O)n4C4(c5ccccc5)CC4)c4ncnc(N)c34)ccc(O)c2O1. The fourth-order valence-corrected chi connectivity index (χ4v) is 6.62. The Morgan fingerprint density at radius 2 is 1.82 bits per heavy atom. The minimum Gasteiger partial charge on any atom is -0.504 e. The summed E-state index contributed by atoms with van der Waals surface area (Å²) in [7, 11) is 0. The van der Waals surface area contributed by atoms with Gasteiger partial charge in [-0.25, -0.2) is 24.0 Å². The number of ether oxygens (including phenoxy) is 1. The van der Waals surface area contributed by atoms with Gasteiger partial charge in [0.15, 0.2) is 17.1 Å². The van der Waals surface area contributed by atoms with E-state index in [1.807, 2.05) is 44.2 Å². The van der Waals surface area contributed by atoms with Crippen molar-refractivity contribution in [1.29, 1.82) is 0 Å². The highest BCUT2D eigenvalue weighted by atomic mass is 19.1. The Morgan fingerprint density at radius 3 is 2.59 bits per heavy atom. The van der Waals surface area contributed by atoms with Crippen molar-refractivity contribution in [1.82, 2.24) is 29.3 Å². The molecule has 0 radical (unpaired) electrons. The maximum Gasteiger partial charge on any atom is 0.265 e. The number of nitrogens with zero attached hydrogens (tertiary/aromatic N) is 6. The highest BCUT2D eigenvalue weighted by Gasteiger charge is 2.48. The number of aromatic hydroxyl groups is 1. The van der Waals surface area contributed by atoms with Crippen LogP contribution in [0.2, 0.25) is 0 Å². The van der Waals surface area contributed by atoms with Crippen LogP contribution in [0, 0.1) is 5.82 Å². The predicted octanol–water partition coefficient (Wildman–Crippen LogP) is 4.93. The summed E-state index contributed by atoms with van der Waals surface area (Å²) in [6.07, 6.45) is 3.34. The Hall–Kier alpha value is -5.32. The van der Waals surface area contributed by atoms with Crippen LogP contribution in [0.1, 0.15) is 43.6 Å². The zero-order chi connectivity index (χ0) is 30.4. The molecule has 0 bridgehead atoms. The van der Waals surface area contributed by atoms with E-state index >= 15 is 4.39 Å². The lowest BCUT2D eigenvalue weighted by atomic mass is 9.95. The van der Waals surface area contributed by atoms with E-state index in [1.165, 1.54) is 12.4 Å². The van der Waals surface area contributed by atoms with Crippen molar-refractivity contribution in [2.75, 3.05) is 5.73 Å². The molecule has 1 fully saturated rings. The van der Waals surface area contributed by atoms with Crippen LogP contribution >= 0.6 is 0 Å². The van der Waals surface area contributed by atoms with Crippen molar-refractivity contribution >= 4 is 27.8 Å². The van der Waals surface area contributed by atoms with Crippen molar-refractivity contribution in [2.24, 2.45) is 0 Å². The average molecular weight is 590 g/mol. The first-order valence-corrected chi connectivity index (χ1v) is 14.4. The molecular weight excluding hydrogens is 561 g/mol. The highest BCUT2D eigenvalue weighted by Crippen LogP contribution is 2.50. The molecule has 0 atom stereocenters. The van der Waals surface area contributed by atoms with E-state index in [9.17, 15) is 9.90 Å². The summed E-state index contributed by atoms with van der Waals surface area (Å²) in [5.74, 6) is 0.515. The summed E-state index contributed by atoms with van der Waals surface area (Å²) in [5, 5.41) is 16.0. The standard InChI is InChI=1S/C33H28FN7O3/c1-32(2)15-20-19(11-12-23(42)28(20)44-32)27-26-29(35)36-17-37-30(26)40(39-27)16-24-38-22-10-6-9-21(34)25(22)31(43)41(24)33(13-14-33)18-7-4-3-5-8-18/h3-12,17,42H,13-16H2,1-2H3,(H2,35,36,37). The van der Waals surface area contributed by atoms with E-state index in [2.05, 4.69) is 9.97 Å². The maximum atomic E-state index is 15.1. The zero-order valence-electron chi connectivity index (χ0n) is 24.1. The van der Waals surface area contributed by atoms with Gasteiger partial charge in [0, 0.05) is 17.5 Å². The molecule has 3 aromatic heterocycles. The molecule has 4 heterocycles. The van der Waals surface area contributed by atoms with E-state index in [1.54, 1.807) is 33.5 Å². The summed E-state index contributed by atoms with van der Waals surface area (Å²) in [6.45, 7) is 3.97. The zero-order valence-corrected chi connectivity index (χ0v) is 24.1. The molecule has 8 rings (SSSR count). The molecule has 2 aliphatic rings. The van der Waals surface area contributed by atoms with Gasteiger partial charge in [0.05, 0.1) is 16.4 Å². The predicted molar refractivity (Wildman–Crippen MR) is 163 cm³/mol. The first-order valence-electron chi connectivity index (χ1n) is 14.4. The van der Waals surface area contributed by atoms with Crippen LogP contribution in [-0.4, -0.2) is 40.0 Å². The molecule has 10 nitrogen and oxygen atoms in total. The van der Waals surface area contributed by atoms with E-state index in [-0.39, 0.29) is 29.0 Å². The van der Waals surface area contributed by atoms with E-state index in [0.717, 1.165) is 16.7 Å². The number of rotatable bonds is 5. The lowest BCUT2D eigenvalue weighted by Gasteiger charge is -2.23. The minimum atomic E-state index is -0.655. The molecule has 0 amide bonds. The van der Waals surface area contributed by atoms with Crippen LogP contribution in [0.25, 0.3) is 33.2 Å². The van der Waals surface area contributed by atoms with Gasteiger partial charge in [-0.2, -0.15) is 5.10 Å². The third-order valence-electron chi connectivity index (χ3n) is 8.70. The number of phenols is 1. The Morgan fingerprint density at radius 1 is 1.02 bits per heavy atom. The van der Waals surface area contributed by atoms with Crippen LogP contribution in [0.3, 0.4) is 0 Å². The van der Waals surface area contributed by atoms with Gasteiger partial charge in [0.2, 0.25) is 0 Å². The van der Waals surface area contributed by atoms with Crippen molar-refractivity contribution < 1.29 is 14.2 Å². The second kappa shape index (κ2) is 9.09. The Balaban J connectivity index is 1.36. The Bertz CT molecular complexity index is 2200. The topological polar surface area (TPSA) is 134 Å². The fourth-order valence-electron chi connectivity index (χ4n) is 6.62. The fraction of sp³-hybridized carbons (Fsp3) is 0.242. The summed E-state index contributed by atoms with van der Waals surface area (Å²) < 4.78 is 24.5. The van der Waals surface area contributed by atoms with Gasteiger partial charge in [0.1, 0.15) is 47.0 Å². The number of halogens is 1. The smallest absolute Gasteiger partial charge is 0.265 e. The monoisotopic (exact) mass is 589 g/mol. The number of aromatic nitrogens is 6. The van der Waals surface area contributed by atoms with Crippen molar-refractivity contribution in [3.05, 3.63) is 100 Å². The van der Waals surface area contributed by atoms with Crippen LogP contribution in [0.5, 0.6) is 11.5 Å². The second-order valence-corrected chi connectivity index (χ2v) is 12.1. The summed E-state index contributed by atoms with van der Waals surface area (Å²) >= 11 is 0. The minimum absolute atomic E-state index is 0.0432. The molecule has 0 saturated heterocycles. The van der Waals surface area contributed by atoms with Crippen LogP contribution in [-0.2, 0) is 18.5 Å². The maximum absolute atomic E-state index is 15.1. The van der Waals surface area contributed by atoms with Crippen LogP contribution < -0.4 is 16.0 Å². The molecule has 3 aromatic carbocycles. The number of fused-ring (bicyclic) bond motifs is 3. The van der Waals surface area contributed by atoms with Gasteiger partial charge in [-0.3, -0.25) is 9.36 Å².